The molecule has 0 bridgehead atoms. The average molecular weight is 497 g/mol. The summed E-state index contributed by atoms with van der Waals surface area (Å²) in [5.74, 6) is -0.754. The van der Waals surface area contributed by atoms with Gasteiger partial charge in [-0.3, -0.25) is 9.59 Å². The smallest absolute Gasteiger partial charge is 0.407 e. The van der Waals surface area contributed by atoms with Crippen LogP contribution in [-0.2, 0) is 14.3 Å². The average Bonchev–Trinajstić information content (AvgIpc) is 3.18. The van der Waals surface area contributed by atoms with Crippen molar-refractivity contribution in [3.63, 3.8) is 0 Å². The number of thioether (sulfide) groups is 1. The van der Waals surface area contributed by atoms with Gasteiger partial charge in [-0.2, -0.15) is 11.8 Å². The van der Waals surface area contributed by atoms with E-state index in [1.54, 1.807) is 11.8 Å². The number of rotatable bonds is 9. The number of ether oxygens (including phenoxy) is 1. The SMILES string of the molecule is CSCCN(CC(=O)O)C(=O)[C@@H]1CCC[C@H](NC(=O)OCC2c3ccccc3-c3ccccc32)C1. The second kappa shape index (κ2) is 11.6. The van der Waals surface area contributed by atoms with Crippen molar-refractivity contribution in [3.8, 4) is 11.1 Å². The van der Waals surface area contributed by atoms with E-state index in [4.69, 9.17) is 4.74 Å². The maximum atomic E-state index is 13.0. The third-order valence-electron chi connectivity index (χ3n) is 6.89. The third kappa shape index (κ3) is 5.99. The molecule has 0 radical (unpaired) electrons. The van der Waals surface area contributed by atoms with E-state index in [9.17, 15) is 19.5 Å². The molecule has 0 spiro atoms. The molecular formula is C27H32N2O5S. The van der Waals surface area contributed by atoms with E-state index in [1.165, 1.54) is 16.0 Å². The number of carboxylic acids is 1. The van der Waals surface area contributed by atoms with Crippen LogP contribution in [0.5, 0.6) is 0 Å². The van der Waals surface area contributed by atoms with Gasteiger partial charge < -0.3 is 20.1 Å². The Morgan fingerprint density at radius 1 is 1.06 bits per heavy atom. The minimum absolute atomic E-state index is 0.00477. The van der Waals surface area contributed by atoms with Gasteiger partial charge in [-0.1, -0.05) is 55.0 Å². The molecule has 1 saturated carbocycles. The van der Waals surface area contributed by atoms with Gasteiger partial charge in [0.2, 0.25) is 5.91 Å². The molecule has 35 heavy (non-hydrogen) atoms. The zero-order chi connectivity index (χ0) is 24.8. The van der Waals surface area contributed by atoms with Crippen LogP contribution in [0.3, 0.4) is 0 Å². The van der Waals surface area contributed by atoms with Gasteiger partial charge in [0, 0.05) is 30.2 Å². The Hall–Kier alpha value is -3.00. The van der Waals surface area contributed by atoms with E-state index >= 15 is 0 Å². The normalized spacial score (nSPS) is 18.9. The first-order chi connectivity index (χ1) is 17.0. The highest BCUT2D eigenvalue weighted by molar-refractivity contribution is 7.98. The summed E-state index contributed by atoms with van der Waals surface area (Å²) < 4.78 is 5.67. The van der Waals surface area contributed by atoms with Crippen LogP contribution < -0.4 is 5.32 Å². The van der Waals surface area contributed by atoms with E-state index < -0.39 is 12.1 Å². The lowest BCUT2D eigenvalue weighted by molar-refractivity contribution is -0.146. The number of alkyl carbamates (subject to hydrolysis) is 1. The fraction of sp³-hybridized carbons (Fsp3) is 0.444. The van der Waals surface area contributed by atoms with Gasteiger partial charge >= 0.3 is 12.1 Å². The van der Waals surface area contributed by atoms with Crippen LogP contribution in [-0.4, -0.2) is 65.7 Å². The molecule has 0 heterocycles. The van der Waals surface area contributed by atoms with Crippen LogP contribution in [0.15, 0.2) is 48.5 Å². The molecule has 2 amide bonds. The first-order valence-corrected chi connectivity index (χ1v) is 13.5. The number of benzene rings is 2. The largest absolute Gasteiger partial charge is 0.480 e. The molecule has 0 unspecified atom stereocenters. The van der Waals surface area contributed by atoms with Gasteiger partial charge in [-0.15, -0.1) is 0 Å². The molecule has 4 rings (SSSR count). The molecule has 0 aliphatic heterocycles. The maximum Gasteiger partial charge on any atom is 0.407 e. The molecule has 2 atom stereocenters. The lowest BCUT2D eigenvalue weighted by Gasteiger charge is -2.32. The molecule has 186 valence electrons. The van der Waals surface area contributed by atoms with E-state index in [-0.39, 0.29) is 36.9 Å². The van der Waals surface area contributed by atoms with Gasteiger partial charge in [0.25, 0.3) is 0 Å². The Morgan fingerprint density at radius 2 is 1.71 bits per heavy atom. The molecular weight excluding hydrogens is 464 g/mol. The molecule has 2 aromatic rings. The minimum Gasteiger partial charge on any atom is -0.480 e. The Kier molecular flexibility index (Phi) is 8.33. The van der Waals surface area contributed by atoms with E-state index in [1.807, 2.05) is 30.5 Å². The highest BCUT2D eigenvalue weighted by Gasteiger charge is 2.33. The van der Waals surface area contributed by atoms with Crippen LogP contribution >= 0.6 is 11.8 Å². The second-order valence-corrected chi connectivity index (χ2v) is 10.2. The van der Waals surface area contributed by atoms with Crippen molar-refractivity contribution in [1.29, 1.82) is 0 Å². The fourth-order valence-electron chi connectivity index (χ4n) is 5.24. The second-order valence-electron chi connectivity index (χ2n) is 9.18. The number of carboxylic acid groups (broad SMARTS) is 1. The van der Waals surface area contributed by atoms with Crippen molar-refractivity contribution in [3.05, 3.63) is 59.7 Å². The molecule has 2 aromatic carbocycles. The number of hydrogen-bond donors (Lipinski definition) is 2. The van der Waals surface area contributed by atoms with Gasteiger partial charge in [-0.05, 0) is 47.8 Å². The van der Waals surface area contributed by atoms with E-state index in [0.29, 0.717) is 25.1 Å². The molecule has 2 N–H and O–H groups in total. The summed E-state index contributed by atoms with van der Waals surface area (Å²) in [6.07, 6.45) is 4.23. The number of aliphatic carboxylic acids is 1. The Labute approximate surface area is 210 Å². The van der Waals surface area contributed by atoms with Gasteiger partial charge in [0.1, 0.15) is 13.2 Å². The van der Waals surface area contributed by atoms with Crippen molar-refractivity contribution in [2.45, 2.75) is 37.6 Å². The number of fused-ring (bicyclic) bond motifs is 3. The molecule has 2 aliphatic rings. The summed E-state index contributed by atoms with van der Waals surface area (Å²) in [5, 5.41) is 12.1. The Morgan fingerprint density at radius 3 is 2.34 bits per heavy atom. The summed E-state index contributed by atoms with van der Waals surface area (Å²) in [4.78, 5) is 38.4. The molecule has 1 fully saturated rings. The van der Waals surface area contributed by atoms with Crippen LogP contribution in [0.4, 0.5) is 4.79 Å². The summed E-state index contributed by atoms with van der Waals surface area (Å²) in [6.45, 7) is 0.365. The lowest BCUT2D eigenvalue weighted by Crippen LogP contribution is -2.46. The first kappa shape index (κ1) is 25.1. The van der Waals surface area contributed by atoms with E-state index in [0.717, 1.165) is 24.0 Å². The standard InChI is InChI=1S/C27H32N2O5S/c1-35-14-13-29(16-25(30)31)26(32)18-7-6-8-19(15-18)28-27(33)34-17-24-22-11-4-2-9-20(22)21-10-3-5-12-23(21)24/h2-5,9-12,18-19,24H,6-8,13-17H2,1H3,(H,28,33)(H,30,31)/t18-,19+/m1/s1. The van der Waals surface area contributed by atoms with Crippen LogP contribution in [0.2, 0.25) is 0 Å². The topological polar surface area (TPSA) is 95.9 Å². The van der Waals surface area contributed by atoms with Crippen LogP contribution in [0.25, 0.3) is 11.1 Å². The molecule has 2 aliphatic carbocycles. The predicted molar refractivity (Wildman–Crippen MR) is 137 cm³/mol. The van der Waals surface area contributed by atoms with Crippen molar-refractivity contribution in [2.75, 3.05) is 31.7 Å². The minimum atomic E-state index is -1.01. The van der Waals surface area contributed by atoms with Crippen molar-refractivity contribution < 1.29 is 24.2 Å². The zero-order valence-electron chi connectivity index (χ0n) is 19.9. The summed E-state index contributed by atoms with van der Waals surface area (Å²) >= 11 is 1.58. The van der Waals surface area contributed by atoms with Gasteiger partial charge in [0.15, 0.2) is 0 Å². The molecule has 0 aromatic heterocycles. The lowest BCUT2D eigenvalue weighted by atomic mass is 9.85. The monoisotopic (exact) mass is 496 g/mol. The Balaban J connectivity index is 1.33. The van der Waals surface area contributed by atoms with Crippen LogP contribution in [0.1, 0.15) is 42.7 Å². The highest BCUT2D eigenvalue weighted by Crippen LogP contribution is 2.44. The van der Waals surface area contributed by atoms with Crippen molar-refractivity contribution >= 4 is 29.7 Å². The van der Waals surface area contributed by atoms with E-state index in [2.05, 4.69) is 29.6 Å². The summed E-state index contributed by atoms with van der Waals surface area (Å²) in [5.41, 5.74) is 4.68. The molecule has 7 nitrogen and oxygen atoms in total. The maximum absolute atomic E-state index is 13.0. The van der Waals surface area contributed by atoms with Crippen LogP contribution in [0, 0.1) is 5.92 Å². The third-order valence-corrected chi connectivity index (χ3v) is 7.48. The summed E-state index contributed by atoms with van der Waals surface area (Å²) in [7, 11) is 0. The predicted octanol–water partition coefficient (Wildman–Crippen LogP) is 4.36. The number of nitrogens with one attached hydrogen (secondary N) is 1. The number of nitrogens with zero attached hydrogens (tertiary/aromatic N) is 1. The summed E-state index contributed by atoms with van der Waals surface area (Å²) in [6, 6.07) is 16.2. The molecule has 8 heteroatoms. The number of carbonyl (C=O) groups excluding carboxylic acids is 2. The fourth-order valence-corrected chi connectivity index (χ4v) is 5.65. The van der Waals surface area contributed by atoms with Gasteiger partial charge in [-0.25, -0.2) is 4.79 Å². The molecule has 0 saturated heterocycles. The number of hydrogen-bond acceptors (Lipinski definition) is 5. The number of amides is 2. The van der Waals surface area contributed by atoms with Crippen molar-refractivity contribution in [2.24, 2.45) is 5.92 Å². The van der Waals surface area contributed by atoms with Gasteiger partial charge in [0.05, 0.1) is 0 Å². The quantitative estimate of drug-likeness (QED) is 0.536. The zero-order valence-corrected chi connectivity index (χ0v) is 20.8. The van der Waals surface area contributed by atoms with Crippen molar-refractivity contribution in [1.82, 2.24) is 10.2 Å². The Bertz CT molecular complexity index is 1030. The first-order valence-electron chi connectivity index (χ1n) is 12.1. The highest BCUT2D eigenvalue weighted by atomic mass is 32.2. The number of carbonyl (C=O) groups is 3.